The lowest BCUT2D eigenvalue weighted by Crippen LogP contribution is -2.01. The molecule has 0 saturated carbocycles. The summed E-state index contributed by atoms with van der Waals surface area (Å²) < 4.78 is 9.72. The van der Waals surface area contributed by atoms with Crippen molar-refractivity contribution in [2.24, 2.45) is 0 Å². The normalized spacial score (nSPS) is 10.8. The minimum atomic E-state index is -0.275. The van der Waals surface area contributed by atoms with Crippen LogP contribution in [0.3, 0.4) is 0 Å². The Morgan fingerprint density at radius 2 is 1.00 bits per heavy atom. The molecule has 0 aromatic heterocycles. The maximum Gasteiger partial charge on any atom is 0.310 e. The molecule has 0 aliphatic carbocycles. The van der Waals surface area contributed by atoms with E-state index in [2.05, 4.69) is 13.8 Å². The van der Waals surface area contributed by atoms with E-state index in [4.69, 9.17) is 9.47 Å². The van der Waals surface area contributed by atoms with E-state index in [1.54, 1.807) is 0 Å². The number of carbonyl (C=O) groups excluding carboxylic acids is 2. The van der Waals surface area contributed by atoms with Crippen molar-refractivity contribution >= 4 is 11.9 Å². The summed E-state index contributed by atoms with van der Waals surface area (Å²) in [6, 6.07) is 0. The standard InChI is InChI=1S/C18H32O4/c1-3-5-7-9-11-13-17(19)21-15-16-22-18(20)14-12-10-8-6-4-2/h15-16H,3-14H2,1-2H3. The van der Waals surface area contributed by atoms with E-state index in [0.29, 0.717) is 12.8 Å². The molecule has 22 heavy (non-hydrogen) atoms. The molecule has 0 saturated heterocycles. The molecular formula is C18H32O4. The van der Waals surface area contributed by atoms with E-state index in [9.17, 15) is 9.59 Å². The Morgan fingerprint density at radius 3 is 1.36 bits per heavy atom. The van der Waals surface area contributed by atoms with Crippen molar-refractivity contribution in [3.8, 4) is 0 Å². The lowest BCUT2D eigenvalue weighted by atomic mass is 10.1. The van der Waals surface area contributed by atoms with Crippen molar-refractivity contribution < 1.29 is 19.1 Å². The van der Waals surface area contributed by atoms with Crippen LogP contribution in [-0.4, -0.2) is 11.9 Å². The number of hydrogen-bond donors (Lipinski definition) is 0. The minimum absolute atomic E-state index is 0.275. The average Bonchev–Trinajstić information content (AvgIpc) is 2.51. The van der Waals surface area contributed by atoms with Crippen molar-refractivity contribution in [2.75, 3.05) is 0 Å². The second-order valence-electron chi connectivity index (χ2n) is 5.58. The predicted molar refractivity (Wildman–Crippen MR) is 88.1 cm³/mol. The number of unbranched alkanes of at least 4 members (excludes halogenated alkanes) is 8. The van der Waals surface area contributed by atoms with Crippen molar-refractivity contribution in [2.45, 2.75) is 90.9 Å². The topological polar surface area (TPSA) is 52.6 Å². The first kappa shape index (κ1) is 20.7. The summed E-state index contributed by atoms with van der Waals surface area (Å²) in [6.07, 6.45) is 14.1. The van der Waals surface area contributed by atoms with Gasteiger partial charge in [-0.15, -0.1) is 0 Å². The van der Waals surface area contributed by atoms with E-state index >= 15 is 0 Å². The van der Waals surface area contributed by atoms with Crippen LogP contribution in [0.15, 0.2) is 12.5 Å². The highest BCUT2D eigenvalue weighted by molar-refractivity contribution is 5.70. The highest BCUT2D eigenvalue weighted by atomic mass is 16.6. The van der Waals surface area contributed by atoms with Gasteiger partial charge in [0.1, 0.15) is 12.5 Å². The van der Waals surface area contributed by atoms with E-state index in [1.165, 1.54) is 25.7 Å². The first-order chi connectivity index (χ1) is 10.7. The summed E-state index contributed by atoms with van der Waals surface area (Å²) in [5.74, 6) is -0.549. The molecular weight excluding hydrogens is 280 g/mol. The zero-order chi connectivity index (χ0) is 16.5. The van der Waals surface area contributed by atoms with Crippen LogP contribution in [0.1, 0.15) is 90.9 Å². The molecule has 0 radical (unpaired) electrons. The highest BCUT2D eigenvalue weighted by Crippen LogP contribution is 2.07. The van der Waals surface area contributed by atoms with Crippen LogP contribution in [0.2, 0.25) is 0 Å². The Bertz CT molecular complexity index is 280. The fraction of sp³-hybridized carbons (Fsp3) is 0.778. The van der Waals surface area contributed by atoms with Crippen LogP contribution in [0.25, 0.3) is 0 Å². The van der Waals surface area contributed by atoms with Crippen LogP contribution in [0, 0.1) is 0 Å². The Labute approximate surface area is 135 Å². The third-order valence-corrected chi connectivity index (χ3v) is 3.42. The molecule has 128 valence electrons. The van der Waals surface area contributed by atoms with Gasteiger partial charge in [0.05, 0.1) is 0 Å². The van der Waals surface area contributed by atoms with Crippen LogP contribution in [-0.2, 0) is 19.1 Å². The van der Waals surface area contributed by atoms with Gasteiger partial charge in [-0.3, -0.25) is 9.59 Å². The van der Waals surface area contributed by atoms with Gasteiger partial charge in [-0.25, -0.2) is 0 Å². The van der Waals surface area contributed by atoms with Crippen molar-refractivity contribution in [1.29, 1.82) is 0 Å². The van der Waals surface area contributed by atoms with E-state index in [-0.39, 0.29) is 11.9 Å². The van der Waals surface area contributed by atoms with Gasteiger partial charge in [-0.05, 0) is 12.8 Å². The Balaban J connectivity index is 3.47. The number of hydrogen-bond acceptors (Lipinski definition) is 4. The summed E-state index contributed by atoms with van der Waals surface area (Å²) in [5.41, 5.74) is 0. The second-order valence-corrected chi connectivity index (χ2v) is 5.58. The SMILES string of the molecule is CCCCCCCC(=O)OC=COC(=O)CCCCCCC. The minimum Gasteiger partial charge on any atom is -0.431 e. The maximum absolute atomic E-state index is 11.4. The molecule has 0 atom stereocenters. The lowest BCUT2D eigenvalue weighted by Gasteiger charge is -2.01. The summed E-state index contributed by atoms with van der Waals surface area (Å²) in [6.45, 7) is 4.32. The number of carbonyl (C=O) groups is 2. The monoisotopic (exact) mass is 312 g/mol. The third-order valence-electron chi connectivity index (χ3n) is 3.42. The molecule has 0 aliphatic heterocycles. The zero-order valence-corrected chi connectivity index (χ0v) is 14.3. The van der Waals surface area contributed by atoms with Gasteiger partial charge >= 0.3 is 11.9 Å². The Hall–Kier alpha value is -1.32. The quantitative estimate of drug-likeness (QED) is 0.249. The predicted octanol–water partition coefficient (Wildman–Crippen LogP) is 5.27. The summed E-state index contributed by atoms with van der Waals surface area (Å²) in [7, 11) is 0. The molecule has 0 aromatic carbocycles. The van der Waals surface area contributed by atoms with Gasteiger partial charge in [0.25, 0.3) is 0 Å². The van der Waals surface area contributed by atoms with Gasteiger partial charge < -0.3 is 9.47 Å². The van der Waals surface area contributed by atoms with Gasteiger partial charge in [0, 0.05) is 12.8 Å². The highest BCUT2D eigenvalue weighted by Gasteiger charge is 2.02. The second kappa shape index (κ2) is 16.1. The first-order valence-corrected chi connectivity index (χ1v) is 8.74. The molecule has 0 aliphatic rings. The Morgan fingerprint density at radius 1 is 0.636 bits per heavy atom. The zero-order valence-electron chi connectivity index (χ0n) is 14.3. The fourth-order valence-electron chi connectivity index (χ4n) is 2.07. The lowest BCUT2D eigenvalue weighted by molar-refractivity contribution is -0.141. The fourth-order valence-corrected chi connectivity index (χ4v) is 2.07. The number of ether oxygens (including phenoxy) is 2. The van der Waals surface area contributed by atoms with E-state index in [0.717, 1.165) is 51.0 Å². The maximum atomic E-state index is 11.4. The molecule has 0 spiro atoms. The first-order valence-electron chi connectivity index (χ1n) is 8.74. The molecule has 0 amide bonds. The van der Waals surface area contributed by atoms with Crippen LogP contribution < -0.4 is 0 Å². The van der Waals surface area contributed by atoms with Crippen LogP contribution >= 0.6 is 0 Å². The molecule has 0 aromatic rings. The van der Waals surface area contributed by atoms with Crippen molar-refractivity contribution in [1.82, 2.24) is 0 Å². The summed E-state index contributed by atoms with van der Waals surface area (Å²) in [5, 5.41) is 0. The molecule has 0 unspecified atom stereocenters. The summed E-state index contributed by atoms with van der Waals surface area (Å²) >= 11 is 0. The number of rotatable bonds is 14. The van der Waals surface area contributed by atoms with Crippen molar-refractivity contribution in [3.63, 3.8) is 0 Å². The molecule has 0 bridgehead atoms. The molecule has 4 heteroatoms. The molecule has 0 fully saturated rings. The van der Waals surface area contributed by atoms with Crippen LogP contribution in [0.5, 0.6) is 0 Å². The summed E-state index contributed by atoms with van der Waals surface area (Å²) in [4.78, 5) is 22.8. The Kier molecular flexibility index (Phi) is 15.1. The molecule has 0 rings (SSSR count). The van der Waals surface area contributed by atoms with E-state index in [1.807, 2.05) is 0 Å². The molecule has 0 heterocycles. The van der Waals surface area contributed by atoms with Crippen molar-refractivity contribution in [3.05, 3.63) is 12.5 Å². The number of esters is 2. The van der Waals surface area contributed by atoms with Gasteiger partial charge in [0.2, 0.25) is 0 Å². The largest absolute Gasteiger partial charge is 0.431 e. The van der Waals surface area contributed by atoms with Gasteiger partial charge in [-0.1, -0.05) is 65.2 Å². The average molecular weight is 312 g/mol. The van der Waals surface area contributed by atoms with Gasteiger partial charge in [-0.2, -0.15) is 0 Å². The van der Waals surface area contributed by atoms with Gasteiger partial charge in [0.15, 0.2) is 0 Å². The molecule has 0 N–H and O–H groups in total. The third kappa shape index (κ3) is 15.1. The van der Waals surface area contributed by atoms with E-state index < -0.39 is 0 Å². The molecule has 4 nitrogen and oxygen atoms in total. The smallest absolute Gasteiger partial charge is 0.310 e. The van der Waals surface area contributed by atoms with Crippen LogP contribution in [0.4, 0.5) is 0 Å².